The summed E-state index contributed by atoms with van der Waals surface area (Å²) in [5.74, 6) is 0.149. The summed E-state index contributed by atoms with van der Waals surface area (Å²) in [5, 5.41) is 0. The molecule has 1 aliphatic heterocycles. The van der Waals surface area contributed by atoms with Crippen LogP contribution in [-0.4, -0.2) is 29.4 Å². The summed E-state index contributed by atoms with van der Waals surface area (Å²) in [6, 6.07) is 30.8. The Labute approximate surface area is 185 Å². The van der Waals surface area contributed by atoms with Crippen LogP contribution in [0.5, 0.6) is 0 Å². The van der Waals surface area contributed by atoms with Gasteiger partial charge in [0.05, 0.1) is 5.41 Å². The lowest BCUT2D eigenvalue weighted by Crippen LogP contribution is -2.46. The first-order chi connectivity index (χ1) is 14.7. The van der Waals surface area contributed by atoms with Crippen LogP contribution in [0.25, 0.3) is 0 Å². The molecule has 3 aromatic rings. The summed E-state index contributed by atoms with van der Waals surface area (Å²) < 4.78 is 0. The van der Waals surface area contributed by atoms with E-state index in [4.69, 9.17) is 5.73 Å². The minimum Gasteiger partial charge on any atom is -0.412 e. The van der Waals surface area contributed by atoms with Crippen LogP contribution in [0.15, 0.2) is 91.0 Å². The molecule has 0 aliphatic carbocycles. The highest BCUT2D eigenvalue weighted by Crippen LogP contribution is 2.40. The fourth-order valence-corrected chi connectivity index (χ4v) is 4.97. The van der Waals surface area contributed by atoms with Gasteiger partial charge in [-0.1, -0.05) is 91.0 Å². The molecule has 0 saturated carbocycles. The molecule has 0 bridgehead atoms. The maximum absolute atomic E-state index is 13.1. The number of carbonyl (C=O) groups excluding carboxylic acids is 1. The third kappa shape index (κ3) is 5.04. The number of nitrogens with zero attached hydrogens (tertiary/aromatic N) is 1. The minimum atomic E-state index is -0.803. The van der Waals surface area contributed by atoms with E-state index in [0.29, 0.717) is 5.92 Å². The number of nitrogens with two attached hydrogens (primary N) is 1. The molecule has 0 radical (unpaired) electrons. The van der Waals surface area contributed by atoms with E-state index in [1.165, 1.54) is 5.56 Å². The predicted molar refractivity (Wildman–Crippen MR) is 126 cm³/mol. The highest BCUT2D eigenvalue weighted by Gasteiger charge is 2.42. The molecular weight excluding hydrogens is 384 g/mol. The number of hydrogen-bond donors (Lipinski definition) is 1. The third-order valence-electron chi connectivity index (χ3n) is 6.40. The molecule has 1 atom stereocenters. The minimum absolute atomic E-state index is 0. The summed E-state index contributed by atoms with van der Waals surface area (Å²) in [5.41, 5.74) is 8.67. The van der Waals surface area contributed by atoms with Crippen LogP contribution in [0.4, 0.5) is 0 Å². The molecule has 1 heterocycles. The van der Waals surface area contributed by atoms with Crippen molar-refractivity contribution in [1.82, 2.24) is 4.90 Å². The Balaban J connectivity index is 0.00000272. The van der Waals surface area contributed by atoms with Crippen molar-refractivity contribution < 1.29 is 10.3 Å². The fraction of sp³-hybridized carbons (Fsp3) is 0.296. The van der Waals surface area contributed by atoms with Gasteiger partial charge in [-0.25, -0.2) is 0 Å². The van der Waals surface area contributed by atoms with Gasteiger partial charge in [-0.05, 0) is 48.4 Å². The molecule has 1 aliphatic rings. The molecule has 4 rings (SSSR count). The van der Waals surface area contributed by atoms with Gasteiger partial charge >= 0.3 is 0 Å². The quantitative estimate of drug-likeness (QED) is 0.633. The zero-order chi connectivity index (χ0) is 20.8. The third-order valence-corrected chi connectivity index (χ3v) is 6.40. The van der Waals surface area contributed by atoms with Gasteiger partial charge in [-0.15, -0.1) is 0 Å². The van der Waals surface area contributed by atoms with Gasteiger partial charge in [-0.3, -0.25) is 9.69 Å². The van der Waals surface area contributed by atoms with Crippen LogP contribution in [0.1, 0.15) is 36.0 Å². The number of rotatable bonds is 7. The van der Waals surface area contributed by atoms with E-state index in [0.717, 1.165) is 50.0 Å². The largest absolute Gasteiger partial charge is 0.412 e. The first-order valence-electron chi connectivity index (χ1n) is 10.9. The van der Waals surface area contributed by atoms with E-state index in [9.17, 15) is 4.79 Å². The zero-order valence-electron chi connectivity index (χ0n) is 17.9. The van der Waals surface area contributed by atoms with Crippen molar-refractivity contribution in [1.29, 1.82) is 0 Å². The van der Waals surface area contributed by atoms with Gasteiger partial charge in [-0.2, -0.15) is 0 Å². The van der Waals surface area contributed by atoms with Crippen molar-refractivity contribution in [2.75, 3.05) is 13.1 Å². The SMILES string of the molecule is NC(=O)C(CC1CCCN(Cc2ccccc2)C1)(c1ccccc1)c1ccccc1.O. The molecule has 31 heavy (non-hydrogen) atoms. The first-order valence-corrected chi connectivity index (χ1v) is 10.9. The Bertz CT molecular complexity index is 905. The smallest absolute Gasteiger partial charge is 0.232 e. The van der Waals surface area contributed by atoms with Crippen LogP contribution in [0.2, 0.25) is 0 Å². The van der Waals surface area contributed by atoms with Gasteiger partial charge in [0.15, 0.2) is 0 Å². The molecule has 0 spiro atoms. The number of hydrogen-bond acceptors (Lipinski definition) is 2. The number of benzene rings is 3. The number of primary amides is 1. The maximum atomic E-state index is 13.1. The molecule has 0 aromatic heterocycles. The van der Waals surface area contributed by atoms with Gasteiger partial charge in [0.1, 0.15) is 0 Å². The molecule has 1 amide bonds. The van der Waals surface area contributed by atoms with E-state index in [2.05, 4.69) is 35.2 Å². The molecule has 3 aromatic carbocycles. The Morgan fingerprint density at radius 3 is 1.90 bits per heavy atom. The first kappa shape index (κ1) is 22.7. The second kappa shape index (κ2) is 10.4. The van der Waals surface area contributed by atoms with Crippen LogP contribution in [0, 0.1) is 5.92 Å². The predicted octanol–water partition coefficient (Wildman–Crippen LogP) is 3.94. The Hall–Kier alpha value is -2.95. The van der Waals surface area contributed by atoms with Gasteiger partial charge in [0.25, 0.3) is 0 Å². The average molecular weight is 417 g/mol. The lowest BCUT2D eigenvalue weighted by molar-refractivity contribution is -0.123. The van der Waals surface area contributed by atoms with Crippen LogP contribution >= 0.6 is 0 Å². The lowest BCUT2D eigenvalue weighted by Gasteiger charge is -2.39. The van der Waals surface area contributed by atoms with Crippen molar-refractivity contribution in [2.45, 2.75) is 31.2 Å². The molecule has 1 fully saturated rings. The molecule has 4 heteroatoms. The van der Waals surface area contributed by atoms with E-state index < -0.39 is 5.41 Å². The zero-order valence-corrected chi connectivity index (χ0v) is 17.9. The molecule has 1 saturated heterocycles. The topological polar surface area (TPSA) is 77.8 Å². The highest BCUT2D eigenvalue weighted by molar-refractivity contribution is 5.90. The summed E-state index contributed by atoms with van der Waals surface area (Å²) in [6.07, 6.45) is 3.01. The van der Waals surface area contributed by atoms with Crippen LogP contribution in [0.3, 0.4) is 0 Å². The molecular formula is C27H32N2O2. The van der Waals surface area contributed by atoms with Crippen molar-refractivity contribution >= 4 is 5.91 Å². The van der Waals surface area contributed by atoms with Gasteiger partial charge < -0.3 is 11.2 Å². The normalized spacial score (nSPS) is 17.0. The Morgan fingerprint density at radius 2 is 1.39 bits per heavy atom. The summed E-state index contributed by atoms with van der Waals surface area (Å²) >= 11 is 0. The van der Waals surface area contributed by atoms with Crippen molar-refractivity contribution in [3.63, 3.8) is 0 Å². The van der Waals surface area contributed by atoms with Crippen LogP contribution < -0.4 is 5.73 Å². The van der Waals surface area contributed by atoms with E-state index in [1.54, 1.807) is 0 Å². The number of carbonyl (C=O) groups is 1. The van der Waals surface area contributed by atoms with Crippen molar-refractivity contribution in [2.24, 2.45) is 11.7 Å². The molecule has 1 unspecified atom stereocenters. The van der Waals surface area contributed by atoms with E-state index in [-0.39, 0.29) is 11.4 Å². The van der Waals surface area contributed by atoms with Gasteiger partial charge in [0, 0.05) is 13.1 Å². The number of amides is 1. The van der Waals surface area contributed by atoms with E-state index >= 15 is 0 Å². The fourth-order valence-electron chi connectivity index (χ4n) is 4.97. The molecule has 162 valence electrons. The standard InChI is InChI=1S/C27H30N2O.H2O/c28-26(30)27(24-14-6-2-7-15-24,25-16-8-3-9-17-25)19-23-13-10-18-29(21-23)20-22-11-4-1-5-12-22;/h1-9,11-12,14-17,23H,10,13,18-21H2,(H2,28,30);1H2. The second-order valence-electron chi connectivity index (χ2n) is 8.43. The summed E-state index contributed by atoms with van der Waals surface area (Å²) in [7, 11) is 0. The lowest BCUT2D eigenvalue weighted by atomic mass is 9.67. The number of likely N-dealkylation sites (tertiary alicyclic amines) is 1. The molecule has 4 N–H and O–H groups in total. The highest BCUT2D eigenvalue weighted by atomic mass is 16.1. The van der Waals surface area contributed by atoms with Crippen molar-refractivity contribution in [3.8, 4) is 0 Å². The Kier molecular flexibility index (Phi) is 7.61. The van der Waals surface area contributed by atoms with E-state index in [1.807, 2.05) is 60.7 Å². The van der Waals surface area contributed by atoms with Gasteiger partial charge in [0.2, 0.25) is 5.91 Å². The second-order valence-corrected chi connectivity index (χ2v) is 8.43. The monoisotopic (exact) mass is 416 g/mol. The maximum Gasteiger partial charge on any atom is 0.232 e. The summed E-state index contributed by atoms with van der Waals surface area (Å²) in [4.78, 5) is 15.6. The Morgan fingerprint density at radius 1 is 0.871 bits per heavy atom. The van der Waals surface area contributed by atoms with Crippen LogP contribution in [-0.2, 0) is 16.8 Å². The summed E-state index contributed by atoms with van der Waals surface area (Å²) in [6.45, 7) is 3.05. The number of piperidine rings is 1. The van der Waals surface area contributed by atoms with Crippen molar-refractivity contribution in [3.05, 3.63) is 108 Å². The molecule has 4 nitrogen and oxygen atoms in total. The average Bonchev–Trinajstić information content (AvgIpc) is 2.79.